The number of benzene rings is 1. The Labute approximate surface area is 105 Å². The predicted octanol–water partition coefficient (Wildman–Crippen LogP) is 3.10. The highest BCUT2D eigenvalue weighted by molar-refractivity contribution is 8.01. The van der Waals surface area contributed by atoms with Gasteiger partial charge in [-0.2, -0.15) is 0 Å². The number of anilines is 1. The summed E-state index contributed by atoms with van der Waals surface area (Å²) in [5.74, 6) is 0.132. The zero-order chi connectivity index (χ0) is 12.6. The van der Waals surface area contributed by atoms with E-state index in [1.807, 2.05) is 26.8 Å². The van der Waals surface area contributed by atoms with Gasteiger partial charge in [0.05, 0.1) is 10.4 Å². The molecule has 0 spiro atoms. The molecular formula is C13H15NO2S. The van der Waals surface area contributed by atoms with Crippen molar-refractivity contribution in [2.24, 2.45) is 0 Å². The minimum atomic E-state index is -0.485. The molecule has 1 aromatic rings. The van der Waals surface area contributed by atoms with Gasteiger partial charge in [0.1, 0.15) is 0 Å². The number of hydrogen-bond donors (Lipinski definition) is 1. The Bertz CT molecular complexity index is 494. The third-order valence-electron chi connectivity index (χ3n) is 2.78. The van der Waals surface area contributed by atoms with Crippen molar-refractivity contribution in [3.63, 3.8) is 0 Å². The van der Waals surface area contributed by atoms with Crippen molar-refractivity contribution in [1.82, 2.24) is 0 Å². The minimum absolute atomic E-state index is 0.00423. The van der Waals surface area contributed by atoms with Crippen molar-refractivity contribution in [2.45, 2.75) is 36.8 Å². The van der Waals surface area contributed by atoms with Crippen molar-refractivity contribution in [1.29, 1.82) is 0 Å². The fourth-order valence-corrected chi connectivity index (χ4v) is 2.79. The van der Waals surface area contributed by atoms with Gasteiger partial charge < -0.3 is 5.32 Å². The second-order valence-corrected chi connectivity index (χ2v) is 6.22. The van der Waals surface area contributed by atoms with E-state index in [9.17, 15) is 9.59 Å². The van der Waals surface area contributed by atoms with E-state index < -0.39 is 4.75 Å². The molecule has 0 radical (unpaired) electrons. The molecule has 1 aromatic carbocycles. The van der Waals surface area contributed by atoms with E-state index in [0.29, 0.717) is 12.0 Å². The van der Waals surface area contributed by atoms with Gasteiger partial charge in [0, 0.05) is 16.9 Å². The number of fused-ring (bicyclic) bond motifs is 1. The van der Waals surface area contributed by atoms with Crippen LogP contribution in [0.4, 0.5) is 5.69 Å². The number of rotatable bonds is 2. The molecule has 3 nitrogen and oxygen atoms in total. The summed E-state index contributed by atoms with van der Waals surface area (Å²) in [4.78, 5) is 24.3. The fraction of sp³-hybridized carbons (Fsp3) is 0.385. The standard InChI is InChI=1S/C13H15NO2S/c1-4-10(15)8-5-6-9-11(7-8)17-13(2,3)12(16)14-9/h5-7H,4H2,1-3H3,(H,14,16). The molecule has 17 heavy (non-hydrogen) atoms. The number of carbonyl (C=O) groups excluding carboxylic acids is 2. The maximum atomic E-state index is 11.8. The zero-order valence-electron chi connectivity index (χ0n) is 10.2. The second-order valence-electron chi connectivity index (χ2n) is 4.55. The van der Waals surface area contributed by atoms with Gasteiger partial charge >= 0.3 is 0 Å². The Hall–Kier alpha value is -1.29. The molecule has 0 saturated carbocycles. The van der Waals surface area contributed by atoms with Gasteiger partial charge in [-0.25, -0.2) is 0 Å². The van der Waals surface area contributed by atoms with E-state index in [4.69, 9.17) is 0 Å². The molecule has 4 heteroatoms. The second kappa shape index (κ2) is 4.18. The van der Waals surface area contributed by atoms with Crippen molar-refractivity contribution in [3.8, 4) is 0 Å². The highest BCUT2D eigenvalue weighted by Crippen LogP contribution is 2.42. The average Bonchev–Trinajstić information content (AvgIpc) is 2.28. The van der Waals surface area contributed by atoms with Crippen LogP contribution in [0.2, 0.25) is 0 Å². The van der Waals surface area contributed by atoms with Crippen LogP contribution in [0, 0.1) is 0 Å². The lowest BCUT2D eigenvalue weighted by atomic mass is 10.1. The monoisotopic (exact) mass is 249 g/mol. The van der Waals surface area contributed by atoms with Gasteiger partial charge in [0.15, 0.2) is 5.78 Å². The van der Waals surface area contributed by atoms with Crippen molar-refractivity contribution >= 4 is 29.1 Å². The van der Waals surface area contributed by atoms with Crippen molar-refractivity contribution in [3.05, 3.63) is 23.8 Å². The summed E-state index contributed by atoms with van der Waals surface area (Å²) in [6, 6.07) is 5.44. The zero-order valence-corrected chi connectivity index (χ0v) is 11.0. The molecule has 0 fully saturated rings. The quantitative estimate of drug-likeness (QED) is 0.819. The molecule has 0 aliphatic carbocycles. The minimum Gasteiger partial charge on any atom is -0.324 e. The Kier molecular flexibility index (Phi) is 3.00. The Balaban J connectivity index is 2.41. The number of ketones is 1. The Morgan fingerprint density at radius 1 is 1.41 bits per heavy atom. The van der Waals surface area contributed by atoms with Crippen LogP contribution >= 0.6 is 11.8 Å². The summed E-state index contributed by atoms with van der Waals surface area (Å²) in [5, 5.41) is 2.86. The molecule has 1 amide bonds. The van der Waals surface area contributed by atoms with Gasteiger partial charge in [0.25, 0.3) is 0 Å². The third kappa shape index (κ3) is 2.22. The van der Waals surface area contributed by atoms with Gasteiger partial charge in [0.2, 0.25) is 5.91 Å². The van der Waals surface area contributed by atoms with E-state index in [0.717, 1.165) is 10.6 Å². The van der Waals surface area contributed by atoms with Crippen LogP contribution in [0.1, 0.15) is 37.6 Å². The molecule has 0 unspecified atom stereocenters. The SMILES string of the molecule is CCC(=O)c1ccc2c(c1)SC(C)(C)C(=O)N2. The summed E-state index contributed by atoms with van der Waals surface area (Å²) < 4.78 is -0.485. The summed E-state index contributed by atoms with van der Waals surface area (Å²) in [5.41, 5.74) is 1.51. The molecule has 0 saturated heterocycles. The van der Waals surface area contributed by atoms with E-state index >= 15 is 0 Å². The maximum Gasteiger partial charge on any atom is 0.240 e. The topological polar surface area (TPSA) is 46.2 Å². The largest absolute Gasteiger partial charge is 0.324 e. The van der Waals surface area contributed by atoms with Gasteiger partial charge in [-0.3, -0.25) is 9.59 Å². The molecule has 0 atom stereocenters. The van der Waals surface area contributed by atoms with Crippen molar-refractivity contribution < 1.29 is 9.59 Å². The molecule has 90 valence electrons. The molecule has 1 N–H and O–H groups in total. The van der Waals surface area contributed by atoms with Crippen LogP contribution in [-0.4, -0.2) is 16.4 Å². The molecule has 0 aromatic heterocycles. The maximum absolute atomic E-state index is 11.8. The Morgan fingerprint density at radius 2 is 2.12 bits per heavy atom. The predicted molar refractivity (Wildman–Crippen MR) is 69.6 cm³/mol. The molecule has 1 aliphatic rings. The highest BCUT2D eigenvalue weighted by Gasteiger charge is 2.34. The first-order chi connectivity index (χ1) is 7.94. The molecule has 0 bridgehead atoms. The molecule has 1 aliphatic heterocycles. The smallest absolute Gasteiger partial charge is 0.240 e. The van der Waals surface area contributed by atoms with Gasteiger partial charge in [-0.1, -0.05) is 6.92 Å². The molecule has 1 heterocycles. The normalized spacial score (nSPS) is 17.2. The Morgan fingerprint density at radius 3 is 2.76 bits per heavy atom. The lowest BCUT2D eigenvalue weighted by molar-refractivity contribution is -0.117. The van der Waals surface area contributed by atoms with Crippen LogP contribution in [0.15, 0.2) is 23.1 Å². The number of thioether (sulfide) groups is 1. The van der Waals surface area contributed by atoms with Crippen LogP contribution in [-0.2, 0) is 4.79 Å². The third-order valence-corrected chi connectivity index (χ3v) is 4.04. The van der Waals surface area contributed by atoms with E-state index in [1.54, 1.807) is 12.1 Å². The first-order valence-electron chi connectivity index (χ1n) is 5.62. The lowest BCUT2D eigenvalue weighted by Gasteiger charge is -2.29. The summed E-state index contributed by atoms with van der Waals surface area (Å²) >= 11 is 1.50. The number of carbonyl (C=O) groups is 2. The van der Waals surface area contributed by atoms with Gasteiger partial charge in [-0.15, -0.1) is 11.8 Å². The first kappa shape index (κ1) is 12.2. The van der Waals surface area contributed by atoms with Gasteiger partial charge in [-0.05, 0) is 32.0 Å². The average molecular weight is 249 g/mol. The van der Waals surface area contributed by atoms with E-state index in [2.05, 4.69) is 5.32 Å². The van der Waals surface area contributed by atoms with Crippen LogP contribution < -0.4 is 5.32 Å². The van der Waals surface area contributed by atoms with Crippen molar-refractivity contribution in [2.75, 3.05) is 5.32 Å². The number of nitrogens with one attached hydrogen (secondary N) is 1. The van der Waals surface area contributed by atoms with Crippen LogP contribution in [0.5, 0.6) is 0 Å². The number of amides is 1. The summed E-state index contributed by atoms with van der Waals surface area (Å²) in [7, 11) is 0. The molecular weight excluding hydrogens is 234 g/mol. The molecule has 2 rings (SSSR count). The lowest BCUT2D eigenvalue weighted by Crippen LogP contribution is -2.37. The van der Waals surface area contributed by atoms with E-state index in [-0.39, 0.29) is 11.7 Å². The van der Waals surface area contributed by atoms with E-state index in [1.165, 1.54) is 11.8 Å². The fourth-order valence-electron chi connectivity index (χ4n) is 1.68. The highest BCUT2D eigenvalue weighted by atomic mass is 32.2. The summed E-state index contributed by atoms with van der Waals surface area (Å²) in [6.45, 7) is 5.61. The van der Waals surface area contributed by atoms with Crippen LogP contribution in [0.3, 0.4) is 0 Å². The first-order valence-corrected chi connectivity index (χ1v) is 6.43. The van der Waals surface area contributed by atoms with Crippen LogP contribution in [0.25, 0.3) is 0 Å². The number of Topliss-reactive ketones (excluding diaryl/α,β-unsaturated/α-hetero) is 1. The summed E-state index contributed by atoms with van der Waals surface area (Å²) in [6.07, 6.45) is 0.499. The number of hydrogen-bond acceptors (Lipinski definition) is 3.